The van der Waals surface area contributed by atoms with Crippen molar-refractivity contribution in [2.45, 2.75) is 6.92 Å². The van der Waals surface area contributed by atoms with Gasteiger partial charge in [0.15, 0.2) is 0 Å². The second-order valence-electron chi connectivity index (χ2n) is 3.05. The van der Waals surface area contributed by atoms with E-state index in [2.05, 4.69) is 10.1 Å². The number of carbonyl (C=O) groups excluding carboxylic acids is 1. The Balaban J connectivity index is 2.37. The fourth-order valence-corrected chi connectivity index (χ4v) is 1.33. The number of para-hydroxylation sites is 1. The van der Waals surface area contributed by atoms with Crippen LogP contribution < -0.4 is 0 Å². The Morgan fingerprint density at radius 2 is 2.12 bits per heavy atom. The van der Waals surface area contributed by atoms with Gasteiger partial charge < -0.3 is 4.74 Å². The molecule has 2 aromatic rings. The van der Waals surface area contributed by atoms with Crippen molar-refractivity contribution < 1.29 is 9.53 Å². The number of aromatic nitrogens is 3. The van der Waals surface area contributed by atoms with Crippen LogP contribution in [0.5, 0.6) is 0 Å². The van der Waals surface area contributed by atoms with Crippen molar-refractivity contribution in [2.24, 2.45) is 0 Å². The Bertz CT molecular complexity index is 479. The van der Waals surface area contributed by atoms with E-state index < -0.39 is 5.97 Å². The van der Waals surface area contributed by atoms with E-state index in [1.165, 1.54) is 11.0 Å². The molecule has 1 aromatic heterocycles. The topological polar surface area (TPSA) is 57.0 Å². The predicted octanol–water partition coefficient (Wildman–Crippen LogP) is 1.44. The molecule has 5 nitrogen and oxygen atoms in total. The summed E-state index contributed by atoms with van der Waals surface area (Å²) in [5.41, 5.74) is 0.781. The SMILES string of the molecule is CCOC(=O)c1ncnn1-c1ccccc1. The molecule has 0 unspecified atom stereocenters. The van der Waals surface area contributed by atoms with Gasteiger partial charge in [0.1, 0.15) is 6.33 Å². The van der Waals surface area contributed by atoms with Crippen LogP contribution in [0.4, 0.5) is 0 Å². The van der Waals surface area contributed by atoms with Crippen LogP contribution in [0.25, 0.3) is 5.69 Å². The minimum atomic E-state index is -0.469. The van der Waals surface area contributed by atoms with Crippen molar-refractivity contribution in [1.82, 2.24) is 14.8 Å². The molecule has 0 saturated carbocycles. The van der Waals surface area contributed by atoms with E-state index in [1.807, 2.05) is 30.3 Å². The van der Waals surface area contributed by atoms with Crippen LogP contribution in [0.3, 0.4) is 0 Å². The van der Waals surface area contributed by atoms with Gasteiger partial charge in [0.2, 0.25) is 5.82 Å². The Kier molecular flexibility index (Phi) is 2.95. The maximum atomic E-state index is 11.6. The van der Waals surface area contributed by atoms with Gasteiger partial charge in [-0.05, 0) is 19.1 Å². The molecule has 5 heteroatoms. The second kappa shape index (κ2) is 4.57. The van der Waals surface area contributed by atoms with E-state index in [-0.39, 0.29) is 5.82 Å². The molecule has 0 spiro atoms. The zero-order valence-corrected chi connectivity index (χ0v) is 8.83. The average Bonchev–Trinajstić information content (AvgIpc) is 2.79. The van der Waals surface area contributed by atoms with Crippen LogP contribution in [0.15, 0.2) is 36.7 Å². The smallest absolute Gasteiger partial charge is 0.376 e. The molecule has 1 aromatic carbocycles. The molecule has 0 bridgehead atoms. The second-order valence-corrected chi connectivity index (χ2v) is 3.05. The van der Waals surface area contributed by atoms with Crippen LogP contribution in [0.2, 0.25) is 0 Å². The maximum absolute atomic E-state index is 11.6. The highest BCUT2D eigenvalue weighted by atomic mass is 16.5. The Labute approximate surface area is 92.7 Å². The fraction of sp³-hybridized carbons (Fsp3) is 0.182. The van der Waals surface area contributed by atoms with Crippen LogP contribution in [-0.4, -0.2) is 27.3 Å². The lowest BCUT2D eigenvalue weighted by molar-refractivity contribution is 0.0508. The van der Waals surface area contributed by atoms with Crippen molar-refractivity contribution in [3.63, 3.8) is 0 Å². The van der Waals surface area contributed by atoms with E-state index in [9.17, 15) is 4.79 Å². The number of carbonyl (C=O) groups is 1. The van der Waals surface area contributed by atoms with Crippen LogP contribution in [-0.2, 0) is 4.74 Å². The summed E-state index contributed by atoms with van der Waals surface area (Å²) in [6.45, 7) is 2.07. The highest BCUT2D eigenvalue weighted by Crippen LogP contribution is 2.08. The molecule has 2 rings (SSSR count). The molecule has 0 saturated heterocycles. The molecule has 0 amide bonds. The molecule has 0 N–H and O–H groups in total. The molecule has 1 heterocycles. The summed E-state index contributed by atoms with van der Waals surface area (Å²) in [6, 6.07) is 9.32. The Hall–Kier alpha value is -2.17. The number of hydrogen-bond acceptors (Lipinski definition) is 4. The maximum Gasteiger partial charge on any atom is 0.376 e. The summed E-state index contributed by atoms with van der Waals surface area (Å²) in [7, 11) is 0. The Morgan fingerprint density at radius 1 is 1.38 bits per heavy atom. The van der Waals surface area contributed by atoms with E-state index in [4.69, 9.17) is 4.74 Å². The number of esters is 1. The van der Waals surface area contributed by atoms with Crippen LogP contribution in [0, 0.1) is 0 Å². The fourth-order valence-electron chi connectivity index (χ4n) is 1.33. The van der Waals surface area contributed by atoms with Crippen LogP contribution >= 0.6 is 0 Å². The first-order chi connectivity index (χ1) is 7.83. The summed E-state index contributed by atoms with van der Waals surface area (Å²) in [5, 5.41) is 3.99. The van der Waals surface area contributed by atoms with Gasteiger partial charge in [0.05, 0.1) is 12.3 Å². The van der Waals surface area contributed by atoms with Gasteiger partial charge >= 0.3 is 5.97 Å². The summed E-state index contributed by atoms with van der Waals surface area (Å²) in [4.78, 5) is 15.4. The van der Waals surface area contributed by atoms with Crippen molar-refractivity contribution >= 4 is 5.97 Å². The highest BCUT2D eigenvalue weighted by Gasteiger charge is 2.15. The first kappa shape index (κ1) is 10.4. The highest BCUT2D eigenvalue weighted by molar-refractivity contribution is 5.85. The average molecular weight is 217 g/mol. The normalized spacial score (nSPS) is 10.1. The van der Waals surface area contributed by atoms with Gasteiger partial charge in [-0.2, -0.15) is 5.10 Å². The molecule has 82 valence electrons. The number of rotatable bonds is 3. The third-order valence-electron chi connectivity index (χ3n) is 2.01. The van der Waals surface area contributed by atoms with E-state index in [1.54, 1.807) is 6.92 Å². The minimum absolute atomic E-state index is 0.188. The lowest BCUT2D eigenvalue weighted by atomic mass is 10.3. The molecule has 16 heavy (non-hydrogen) atoms. The third kappa shape index (κ3) is 1.93. The van der Waals surface area contributed by atoms with E-state index in [0.29, 0.717) is 6.61 Å². The molecule has 0 aliphatic heterocycles. The summed E-state index contributed by atoms with van der Waals surface area (Å²) >= 11 is 0. The van der Waals surface area contributed by atoms with Gasteiger partial charge in [-0.15, -0.1) is 0 Å². The number of ether oxygens (including phenoxy) is 1. The lowest BCUT2D eigenvalue weighted by Crippen LogP contribution is -2.13. The Morgan fingerprint density at radius 3 is 2.81 bits per heavy atom. The number of nitrogens with zero attached hydrogens (tertiary/aromatic N) is 3. The van der Waals surface area contributed by atoms with Gasteiger partial charge in [0.25, 0.3) is 0 Å². The molecule has 0 aliphatic rings. The van der Waals surface area contributed by atoms with E-state index >= 15 is 0 Å². The summed E-state index contributed by atoms with van der Waals surface area (Å²) in [6.07, 6.45) is 1.33. The largest absolute Gasteiger partial charge is 0.460 e. The van der Waals surface area contributed by atoms with Crippen molar-refractivity contribution in [2.75, 3.05) is 6.61 Å². The molecular formula is C11H11N3O2. The van der Waals surface area contributed by atoms with Crippen molar-refractivity contribution in [1.29, 1.82) is 0 Å². The quantitative estimate of drug-likeness (QED) is 0.730. The van der Waals surface area contributed by atoms with Gasteiger partial charge in [-0.25, -0.2) is 14.5 Å². The first-order valence-electron chi connectivity index (χ1n) is 4.95. The predicted molar refractivity (Wildman–Crippen MR) is 57.3 cm³/mol. The molecule has 0 aliphatic carbocycles. The molecule has 0 radical (unpaired) electrons. The number of hydrogen-bond donors (Lipinski definition) is 0. The van der Waals surface area contributed by atoms with Crippen molar-refractivity contribution in [3.8, 4) is 5.69 Å². The summed E-state index contributed by atoms with van der Waals surface area (Å²) in [5.74, 6) is -0.281. The van der Waals surface area contributed by atoms with Gasteiger partial charge in [0, 0.05) is 0 Å². The minimum Gasteiger partial charge on any atom is -0.460 e. The monoisotopic (exact) mass is 217 g/mol. The molecule has 0 atom stereocenters. The molecule has 0 fully saturated rings. The third-order valence-corrected chi connectivity index (χ3v) is 2.01. The first-order valence-corrected chi connectivity index (χ1v) is 4.95. The van der Waals surface area contributed by atoms with E-state index in [0.717, 1.165) is 5.69 Å². The van der Waals surface area contributed by atoms with Gasteiger partial charge in [-0.1, -0.05) is 18.2 Å². The zero-order chi connectivity index (χ0) is 11.4. The summed E-state index contributed by atoms with van der Waals surface area (Å²) < 4.78 is 6.34. The zero-order valence-electron chi connectivity index (χ0n) is 8.83. The standard InChI is InChI=1S/C11H11N3O2/c1-2-16-11(15)10-12-8-13-14(10)9-6-4-3-5-7-9/h3-8H,2H2,1H3. The lowest BCUT2D eigenvalue weighted by Gasteiger charge is -2.04. The van der Waals surface area contributed by atoms with Crippen molar-refractivity contribution in [3.05, 3.63) is 42.5 Å². The van der Waals surface area contributed by atoms with Crippen LogP contribution in [0.1, 0.15) is 17.5 Å². The van der Waals surface area contributed by atoms with Gasteiger partial charge in [-0.3, -0.25) is 0 Å². The molecular weight excluding hydrogens is 206 g/mol. The number of benzene rings is 1.